The number of rotatable bonds is 5. The molecule has 0 atom stereocenters. The van der Waals surface area contributed by atoms with Crippen LogP contribution in [-0.4, -0.2) is 55.7 Å². The van der Waals surface area contributed by atoms with Crippen LogP contribution in [-0.2, 0) is 0 Å². The first-order valence-electron chi connectivity index (χ1n) is 6.75. The maximum Gasteiger partial charge on any atom is 1.00 e. The first kappa shape index (κ1) is 20.8. The molecule has 0 bridgehead atoms. The van der Waals surface area contributed by atoms with E-state index in [2.05, 4.69) is 23.6 Å². The fraction of sp³-hybridized carbons (Fsp3) is 1.00. The van der Waals surface area contributed by atoms with Crippen LogP contribution >= 0.6 is 0 Å². The number of hydrogen-bond donors (Lipinski definition) is 0. The van der Waals surface area contributed by atoms with Crippen molar-refractivity contribution in [3.05, 3.63) is 0 Å². The Labute approximate surface area is 150 Å². The van der Waals surface area contributed by atoms with Gasteiger partial charge in [-0.25, -0.2) is 0 Å². The molecule has 0 aromatic rings. The second kappa shape index (κ2) is 13.9. The summed E-state index contributed by atoms with van der Waals surface area (Å²) in [5.41, 5.74) is 0. The molecule has 1 fully saturated rings. The number of nitrogens with zero attached hydrogens (tertiary/aromatic N) is 2. The van der Waals surface area contributed by atoms with E-state index in [0.717, 1.165) is 38.6 Å². The minimum atomic E-state index is 0. The van der Waals surface area contributed by atoms with E-state index in [1.807, 2.05) is 13.8 Å². The van der Waals surface area contributed by atoms with Crippen LogP contribution in [0.25, 0.3) is 0 Å². The molecule has 0 aromatic heterocycles. The van der Waals surface area contributed by atoms with Crippen molar-refractivity contribution in [2.45, 2.75) is 34.1 Å². The zero-order chi connectivity index (χ0) is 12.4. The van der Waals surface area contributed by atoms with Gasteiger partial charge in [-0.1, -0.05) is 27.7 Å². The fourth-order valence-electron chi connectivity index (χ4n) is 1.81. The van der Waals surface area contributed by atoms with Crippen LogP contribution < -0.4 is 56.5 Å². The Morgan fingerprint density at radius 1 is 0.941 bits per heavy atom. The average Bonchev–Trinajstić information content (AvgIpc) is 2.31. The molecule has 98 valence electrons. The maximum atomic E-state index is 10.4. The van der Waals surface area contributed by atoms with Crippen LogP contribution in [0.4, 0.5) is 0 Å². The van der Waals surface area contributed by atoms with Gasteiger partial charge in [0.1, 0.15) is 0 Å². The zero-order valence-corrected chi connectivity index (χ0v) is 15.7. The summed E-state index contributed by atoms with van der Waals surface area (Å²) in [6.45, 7) is 15.0. The Balaban J connectivity index is 0. The fourth-order valence-corrected chi connectivity index (χ4v) is 1.81. The Hall–Kier alpha value is 1.52. The largest absolute Gasteiger partial charge is 1.00 e. The molecule has 1 heterocycles. The topological polar surface area (TPSA) is 29.5 Å². The SMILES string of the molecule is CC.CC(C)CCN1CCN(CC[O-])CC1.[K+]. The van der Waals surface area contributed by atoms with Crippen molar-refractivity contribution in [1.82, 2.24) is 9.80 Å². The van der Waals surface area contributed by atoms with Crippen LogP contribution in [0.1, 0.15) is 34.1 Å². The molecule has 0 saturated carbocycles. The molecule has 3 nitrogen and oxygen atoms in total. The molecule has 1 saturated heterocycles. The van der Waals surface area contributed by atoms with Crippen LogP contribution in [0.5, 0.6) is 0 Å². The van der Waals surface area contributed by atoms with E-state index in [4.69, 9.17) is 0 Å². The van der Waals surface area contributed by atoms with E-state index in [-0.39, 0.29) is 58.0 Å². The quantitative estimate of drug-likeness (QED) is 0.543. The van der Waals surface area contributed by atoms with E-state index >= 15 is 0 Å². The van der Waals surface area contributed by atoms with Crippen molar-refractivity contribution in [2.24, 2.45) is 5.92 Å². The van der Waals surface area contributed by atoms with Gasteiger partial charge < -0.3 is 14.9 Å². The molecule has 0 radical (unpaired) electrons. The molecule has 17 heavy (non-hydrogen) atoms. The monoisotopic (exact) mass is 268 g/mol. The van der Waals surface area contributed by atoms with E-state index in [0.29, 0.717) is 0 Å². The van der Waals surface area contributed by atoms with Gasteiger partial charge in [-0.2, -0.15) is 0 Å². The van der Waals surface area contributed by atoms with Crippen molar-refractivity contribution < 1.29 is 56.5 Å². The number of hydrogen-bond acceptors (Lipinski definition) is 3. The first-order chi connectivity index (χ1) is 7.72. The molecule has 0 aliphatic carbocycles. The van der Waals surface area contributed by atoms with Gasteiger partial charge in [0.15, 0.2) is 0 Å². The second-order valence-electron chi connectivity index (χ2n) is 4.57. The Kier molecular flexibility index (Phi) is 17.1. The molecule has 0 N–H and O–H groups in total. The van der Waals surface area contributed by atoms with Crippen LogP contribution in [0.3, 0.4) is 0 Å². The van der Waals surface area contributed by atoms with Crippen molar-refractivity contribution in [2.75, 3.05) is 45.9 Å². The standard InChI is InChI=1S/C11H23N2O.C2H6.K/c1-11(2)3-4-12-5-7-13(8-6-12)9-10-14;1-2;/h11H,3-10H2,1-2H3;1-2H3;/q-1;;+1. The number of piperazine rings is 1. The zero-order valence-electron chi connectivity index (χ0n) is 12.5. The third-order valence-electron chi connectivity index (χ3n) is 2.90. The Morgan fingerprint density at radius 3 is 1.71 bits per heavy atom. The summed E-state index contributed by atoms with van der Waals surface area (Å²) in [6.07, 6.45) is 1.29. The van der Waals surface area contributed by atoms with Gasteiger partial charge in [0.2, 0.25) is 0 Å². The molecule has 0 unspecified atom stereocenters. The van der Waals surface area contributed by atoms with E-state index in [9.17, 15) is 5.11 Å². The molecule has 0 aromatic carbocycles. The third kappa shape index (κ3) is 11.1. The smallest absolute Gasteiger partial charge is 0.854 e. The normalized spacial score (nSPS) is 17.3. The molecule has 1 aliphatic rings. The van der Waals surface area contributed by atoms with E-state index in [1.54, 1.807) is 0 Å². The van der Waals surface area contributed by atoms with Crippen molar-refractivity contribution in [3.8, 4) is 0 Å². The average molecular weight is 268 g/mol. The van der Waals surface area contributed by atoms with E-state index in [1.165, 1.54) is 13.0 Å². The first-order valence-corrected chi connectivity index (χ1v) is 6.75. The van der Waals surface area contributed by atoms with Gasteiger partial charge in [0.05, 0.1) is 0 Å². The maximum absolute atomic E-state index is 10.4. The van der Waals surface area contributed by atoms with Gasteiger partial charge >= 0.3 is 51.4 Å². The van der Waals surface area contributed by atoms with Crippen molar-refractivity contribution in [1.29, 1.82) is 0 Å². The second-order valence-corrected chi connectivity index (χ2v) is 4.57. The van der Waals surface area contributed by atoms with Crippen molar-refractivity contribution >= 4 is 0 Å². The van der Waals surface area contributed by atoms with Gasteiger partial charge in [-0.15, -0.1) is 6.61 Å². The van der Waals surface area contributed by atoms with Gasteiger partial charge in [0, 0.05) is 26.2 Å². The molecule has 4 heteroatoms. The van der Waals surface area contributed by atoms with Crippen LogP contribution in [0.2, 0.25) is 0 Å². The molecule has 0 amide bonds. The minimum Gasteiger partial charge on any atom is -0.854 e. The van der Waals surface area contributed by atoms with E-state index < -0.39 is 0 Å². The predicted molar refractivity (Wildman–Crippen MR) is 68.6 cm³/mol. The summed E-state index contributed by atoms with van der Waals surface area (Å²) >= 11 is 0. The van der Waals surface area contributed by atoms with Crippen molar-refractivity contribution in [3.63, 3.8) is 0 Å². The van der Waals surface area contributed by atoms with Gasteiger partial charge in [-0.3, -0.25) is 0 Å². The molecular formula is C13H29KN2O. The Bertz CT molecular complexity index is 148. The summed E-state index contributed by atoms with van der Waals surface area (Å²) in [6, 6.07) is 0. The van der Waals surface area contributed by atoms with Crippen LogP contribution in [0, 0.1) is 5.92 Å². The predicted octanol–water partition coefficient (Wildman–Crippen LogP) is -1.96. The van der Waals surface area contributed by atoms with Gasteiger partial charge in [-0.05, 0) is 25.4 Å². The summed E-state index contributed by atoms with van der Waals surface area (Å²) in [7, 11) is 0. The third-order valence-corrected chi connectivity index (χ3v) is 2.90. The van der Waals surface area contributed by atoms with Gasteiger partial charge in [0.25, 0.3) is 0 Å². The summed E-state index contributed by atoms with van der Waals surface area (Å²) in [5, 5.41) is 10.4. The molecule has 0 spiro atoms. The summed E-state index contributed by atoms with van der Waals surface area (Å²) in [5.74, 6) is 0.801. The molecular weight excluding hydrogens is 239 g/mol. The Morgan fingerprint density at radius 2 is 1.35 bits per heavy atom. The molecule has 1 aliphatic heterocycles. The minimum absolute atomic E-state index is 0. The summed E-state index contributed by atoms with van der Waals surface area (Å²) in [4.78, 5) is 4.79. The van der Waals surface area contributed by atoms with Crippen LogP contribution in [0.15, 0.2) is 0 Å². The summed E-state index contributed by atoms with van der Waals surface area (Å²) < 4.78 is 0. The molecule has 1 rings (SSSR count).